The molecule has 2 aromatic rings. The lowest BCUT2D eigenvalue weighted by Crippen LogP contribution is -2.52. The van der Waals surface area contributed by atoms with Crippen molar-refractivity contribution >= 4 is 52.1 Å². The van der Waals surface area contributed by atoms with Crippen LogP contribution in [0.3, 0.4) is 0 Å². The largest absolute Gasteiger partial charge is 0.369 e. The highest BCUT2D eigenvalue weighted by Gasteiger charge is 2.43. The summed E-state index contributed by atoms with van der Waals surface area (Å²) in [5.41, 5.74) is 1.37. The SMILES string of the molecule is O=C1C[C@H](N2CCN(c3ccc([N+](=O)[O-])cc3)CC2)C(=O)N1c1ccc(Cl)c(Cl)c1. The monoisotopic (exact) mass is 448 g/mol. The van der Waals surface area contributed by atoms with Gasteiger partial charge < -0.3 is 4.90 Å². The predicted molar refractivity (Wildman–Crippen MR) is 114 cm³/mol. The molecule has 156 valence electrons. The summed E-state index contributed by atoms with van der Waals surface area (Å²) in [6.45, 7) is 2.52. The summed E-state index contributed by atoms with van der Waals surface area (Å²) in [5.74, 6) is -0.525. The van der Waals surface area contributed by atoms with E-state index >= 15 is 0 Å². The van der Waals surface area contributed by atoms with Gasteiger partial charge >= 0.3 is 0 Å². The van der Waals surface area contributed by atoms with E-state index in [9.17, 15) is 19.7 Å². The second kappa shape index (κ2) is 8.22. The first-order valence-corrected chi connectivity index (χ1v) is 10.2. The summed E-state index contributed by atoms with van der Waals surface area (Å²) in [4.78, 5) is 41.2. The summed E-state index contributed by atoms with van der Waals surface area (Å²) in [5, 5.41) is 11.5. The lowest BCUT2D eigenvalue weighted by Gasteiger charge is -2.38. The van der Waals surface area contributed by atoms with Crippen molar-refractivity contribution in [3.8, 4) is 0 Å². The van der Waals surface area contributed by atoms with Crippen LogP contribution in [0.1, 0.15) is 6.42 Å². The highest BCUT2D eigenvalue weighted by molar-refractivity contribution is 6.42. The Morgan fingerprint density at radius 2 is 1.53 bits per heavy atom. The van der Waals surface area contributed by atoms with Crippen LogP contribution in [0, 0.1) is 10.1 Å². The first kappa shape index (κ1) is 20.6. The third kappa shape index (κ3) is 3.86. The first-order chi connectivity index (χ1) is 14.3. The Bertz CT molecular complexity index is 1010. The van der Waals surface area contributed by atoms with Gasteiger partial charge in [-0.2, -0.15) is 0 Å². The molecule has 2 saturated heterocycles. The molecule has 4 rings (SSSR count). The quantitative estimate of drug-likeness (QED) is 0.404. The van der Waals surface area contributed by atoms with Gasteiger partial charge in [0, 0.05) is 44.0 Å². The average molecular weight is 449 g/mol. The predicted octanol–water partition coefficient (Wildman–Crippen LogP) is 3.36. The summed E-state index contributed by atoms with van der Waals surface area (Å²) in [7, 11) is 0. The van der Waals surface area contributed by atoms with Crippen molar-refractivity contribution in [1.29, 1.82) is 0 Å². The fourth-order valence-electron chi connectivity index (χ4n) is 3.87. The van der Waals surface area contributed by atoms with Gasteiger partial charge in [-0.25, -0.2) is 4.90 Å². The van der Waals surface area contributed by atoms with E-state index in [1.165, 1.54) is 23.1 Å². The average Bonchev–Trinajstić information content (AvgIpc) is 3.04. The molecule has 30 heavy (non-hydrogen) atoms. The van der Waals surface area contributed by atoms with Crippen molar-refractivity contribution in [2.45, 2.75) is 12.5 Å². The topological polar surface area (TPSA) is 87.0 Å². The molecular formula is C20H18Cl2N4O4. The van der Waals surface area contributed by atoms with Crippen molar-refractivity contribution in [2.75, 3.05) is 36.0 Å². The Labute approximate surface area is 182 Å². The third-order valence-electron chi connectivity index (χ3n) is 5.46. The van der Waals surface area contributed by atoms with Crippen LogP contribution < -0.4 is 9.80 Å². The van der Waals surface area contributed by atoms with Crippen molar-refractivity contribution < 1.29 is 14.5 Å². The minimum absolute atomic E-state index is 0.0508. The van der Waals surface area contributed by atoms with Gasteiger partial charge in [0.05, 0.1) is 33.1 Å². The van der Waals surface area contributed by atoms with Gasteiger partial charge in [-0.15, -0.1) is 0 Å². The molecule has 2 fully saturated rings. The summed E-state index contributed by atoms with van der Waals surface area (Å²) in [6.07, 6.45) is 0.122. The molecule has 2 aliphatic heterocycles. The molecule has 0 bridgehead atoms. The number of hydrogen-bond acceptors (Lipinski definition) is 6. The number of nitro groups is 1. The molecule has 10 heteroatoms. The van der Waals surface area contributed by atoms with Crippen molar-refractivity contribution in [3.63, 3.8) is 0 Å². The van der Waals surface area contributed by atoms with Gasteiger partial charge in [0.2, 0.25) is 5.91 Å². The summed E-state index contributed by atoms with van der Waals surface area (Å²) >= 11 is 12.0. The molecule has 0 unspecified atom stereocenters. The number of benzene rings is 2. The van der Waals surface area contributed by atoms with Gasteiger partial charge in [-0.1, -0.05) is 23.2 Å². The Hall–Kier alpha value is -2.68. The molecule has 8 nitrogen and oxygen atoms in total. The number of carbonyl (C=O) groups is 2. The molecule has 0 saturated carbocycles. The molecule has 2 aliphatic rings. The van der Waals surface area contributed by atoms with Crippen LogP contribution in [-0.2, 0) is 9.59 Å². The van der Waals surface area contributed by atoms with Gasteiger partial charge in [0.25, 0.3) is 11.6 Å². The fraction of sp³-hybridized carbons (Fsp3) is 0.300. The van der Waals surface area contributed by atoms with E-state index in [1.54, 1.807) is 24.3 Å². The highest BCUT2D eigenvalue weighted by Crippen LogP contribution is 2.32. The standard InChI is InChI=1S/C20H18Cl2N4O4/c21-16-6-5-15(11-17(16)22)25-19(27)12-18(20(25)28)24-9-7-23(8-10-24)13-1-3-14(4-2-13)26(29)30/h1-6,11,18H,7-10,12H2/t18-/m0/s1. The Balaban J connectivity index is 1.42. The second-order valence-electron chi connectivity index (χ2n) is 7.18. The van der Waals surface area contributed by atoms with Crippen LogP contribution in [0.2, 0.25) is 10.0 Å². The third-order valence-corrected chi connectivity index (χ3v) is 6.20. The lowest BCUT2D eigenvalue weighted by molar-refractivity contribution is -0.384. The molecule has 1 atom stereocenters. The van der Waals surface area contributed by atoms with Crippen LogP contribution in [-0.4, -0.2) is 53.9 Å². The molecule has 2 aromatic carbocycles. The number of halogens is 2. The number of anilines is 2. The van der Waals surface area contributed by atoms with E-state index in [0.717, 1.165) is 5.69 Å². The van der Waals surface area contributed by atoms with E-state index in [-0.39, 0.29) is 28.9 Å². The maximum Gasteiger partial charge on any atom is 0.269 e. The van der Waals surface area contributed by atoms with Crippen LogP contribution in [0.4, 0.5) is 17.1 Å². The maximum absolute atomic E-state index is 13.0. The number of hydrogen-bond donors (Lipinski definition) is 0. The van der Waals surface area contributed by atoms with E-state index < -0.39 is 11.0 Å². The van der Waals surface area contributed by atoms with E-state index in [2.05, 4.69) is 4.90 Å². The zero-order valence-electron chi connectivity index (χ0n) is 15.8. The van der Waals surface area contributed by atoms with Gasteiger partial charge in [-0.3, -0.25) is 24.6 Å². The van der Waals surface area contributed by atoms with Crippen LogP contribution in [0.5, 0.6) is 0 Å². The van der Waals surface area contributed by atoms with Gasteiger partial charge in [-0.05, 0) is 30.3 Å². The number of imide groups is 1. The van der Waals surface area contributed by atoms with E-state index in [4.69, 9.17) is 23.2 Å². The van der Waals surface area contributed by atoms with E-state index in [0.29, 0.717) is 36.9 Å². The molecule has 0 N–H and O–H groups in total. The van der Waals surface area contributed by atoms with Crippen molar-refractivity contribution in [1.82, 2.24) is 4.90 Å². The van der Waals surface area contributed by atoms with Crippen molar-refractivity contribution in [2.24, 2.45) is 0 Å². The number of non-ortho nitro benzene ring substituents is 1. The van der Waals surface area contributed by atoms with Crippen molar-refractivity contribution in [3.05, 3.63) is 62.6 Å². The minimum atomic E-state index is -0.508. The van der Waals surface area contributed by atoms with E-state index in [1.807, 2.05) is 4.90 Å². The molecular weight excluding hydrogens is 431 g/mol. The minimum Gasteiger partial charge on any atom is -0.369 e. The maximum atomic E-state index is 13.0. The molecule has 0 aromatic heterocycles. The Morgan fingerprint density at radius 1 is 0.900 bits per heavy atom. The zero-order chi connectivity index (χ0) is 21.4. The number of rotatable bonds is 4. The summed E-state index contributed by atoms with van der Waals surface area (Å²) < 4.78 is 0. The number of nitro benzene ring substituents is 1. The molecule has 0 spiro atoms. The zero-order valence-corrected chi connectivity index (χ0v) is 17.3. The normalized spacial score (nSPS) is 20.1. The summed E-state index contributed by atoms with van der Waals surface area (Å²) in [6, 6.07) is 10.6. The number of nitrogens with zero attached hydrogens (tertiary/aromatic N) is 4. The Morgan fingerprint density at radius 3 is 2.13 bits per heavy atom. The Kier molecular flexibility index (Phi) is 5.64. The first-order valence-electron chi connectivity index (χ1n) is 9.40. The van der Waals surface area contributed by atoms with Gasteiger partial charge in [0.1, 0.15) is 0 Å². The fourth-order valence-corrected chi connectivity index (χ4v) is 4.17. The number of piperazine rings is 1. The van der Waals surface area contributed by atoms with Crippen LogP contribution in [0.25, 0.3) is 0 Å². The molecule has 2 heterocycles. The second-order valence-corrected chi connectivity index (χ2v) is 8.00. The molecule has 0 aliphatic carbocycles. The van der Waals surface area contributed by atoms with Crippen LogP contribution in [0.15, 0.2) is 42.5 Å². The van der Waals surface area contributed by atoms with Crippen LogP contribution >= 0.6 is 23.2 Å². The number of carbonyl (C=O) groups excluding carboxylic acids is 2. The highest BCUT2D eigenvalue weighted by atomic mass is 35.5. The molecule has 2 amide bonds. The smallest absolute Gasteiger partial charge is 0.269 e. The number of amides is 2. The molecule has 0 radical (unpaired) electrons. The lowest BCUT2D eigenvalue weighted by atomic mass is 10.1. The van der Waals surface area contributed by atoms with Gasteiger partial charge in [0.15, 0.2) is 0 Å².